The summed E-state index contributed by atoms with van der Waals surface area (Å²) in [6.45, 7) is 2.58. The first kappa shape index (κ1) is 15.6. The topological polar surface area (TPSA) is 44.4 Å². The lowest BCUT2D eigenvalue weighted by atomic mass is 10.0. The highest BCUT2D eigenvalue weighted by molar-refractivity contribution is 5.89. The van der Waals surface area contributed by atoms with Crippen molar-refractivity contribution in [2.45, 2.75) is 25.4 Å². The van der Waals surface area contributed by atoms with E-state index in [2.05, 4.69) is 22.8 Å². The molecular weight excluding hydrogens is 286 g/mol. The fourth-order valence-electron chi connectivity index (χ4n) is 2.98. The van der Waals surface area contributed by atoms with Crippen LogP contribution in [0, 0.1) is 0 Å². The van der Waals surface area contributed by atoms with E-state index in [1.54, 1.807) is 0 Å². The number of nitrogens with one attached hydrogen (secondary N) is 2. The Morgan fingerprint density at radius 2 is 1.61 bits per heavy atom. The number of carbonyl (C=O) groups is 1. The standard InChI is InChI=1S/C19H23N3O/c23-19(21-17-9-5-2-6-10-17)22(18-11-13-20-14-12-18)15-16-7-3-1-4-8-16/h1-10,18,20H,11-15H2,(H,21,23). The summed E-state index contributed by atoms with van der Waals surface area (Å²) in [5.74, 6) is 0. The highest BCUT2D eigenvalue weighted by atomic mass is 16.2. The SMILES string of the molecule is O=C(Nc1ccccc1)N(Cc1ccccc1)C1CCNCC1. The first-order valence-electron chi connectivity index (χ1n) is 8.20. The van der Waals surface area contributed by atoms with Crippen LogP contribution in [-0.4, -0.2) is 30.1 Å². The van der Waals surface area contributed by atoms with Gasteiger partial charge in [-0.2, -0.15) is 0 Å². The lowest BCUT2D eigenvalue weighted by Gasteiger charge is -2.34. The van der Waals surface area contributed by atoms with Gasteiger partial charge in [-0.1, -0.05) is 48.5 Å². The molecule has 0 radical (unpaired) electrons. The largest absolute Gasteiger partial charge is 0.322 e. The van der Waals surface area contributed by atoms with Crippen LogP contribution in [0.1, 0.15) is 18.4 Å². The Morgan fingerprint density at radius 3 is 2.26 bits per heavy atom. The number of para-hydroxylation sites is 1. The second-order valence-electron chi connectivity index (χ2n) is 5.89. The molecule has 0 aliphatic carbocycles. The number of anilines is 1. The zero-order chi connectivity index (χ0) is 15.9. The second kappa shape index (κ2) is 7.79. The summed E-state index contributed by atoms with van der Waals surface area (Å²) in [7, 11) is 0. The molecule has 2 aromatic rings. The number of hydrogen-bond donors (Lipinski definition) is 2. The number of amides is 2. The molecule has 3 rings (SSSR count). The zero-order valence-corrected chi connectivity index (χ0v) is 13.2. The Balaban J connectivity index is 1.74. The highest BCUT2D eigenvalue weighted by Crippen LogP contribution is 2.18. The maximum atomic E-state index is 12.8. The van der Waals surface area contributed by atoms with Gasteiger partial charge in [0.05, 0.1) is 0 Å². The maximum Gasteiger partial charge on any atom is 0.322 e. The normalized spacial score (nSPS) is 15.1. The monoisotopic (exact) mass is 309 g/mol. The molecule has 1 aliphatic rings. The van der Waals surface area contributed by atoms with Crippen molar-refractivity contribution in [3.8, 4) is 0 Å². The molecule has 4 heteroatoms. The molecule has 2 N–H and O–H groups in total. The van der Waals surface area contributed by atoms with Gasteiger partial charge in [-0.15, -0.1) is 0 Å². The summed E-state index contributed by atoms with van der Waals surface area (Å²) in [6, 6.07) is 20.1. The highest BCUT2D eigenvalue weighted by Gasteiger charge is 2.25. The number of hydrogen-bond acceptors (Lipinski definition) is 2. The van der Waals surface area contributed by atoms with E-state index in [1.807, 2.05) is 53.4 Å². The molecule has 4 nitrogen and oxygen atoms in total. The number of carbonyl (C=O) groups excluding carboxylic acids is 1. The van der Waals surface area contributed by atoms with Crippen molar-refractivity contribution >= 4 is 11.7 Å². The summed E-state index contributed by atoms with van der Waals surface area (Å²) in [4.78, 5) is 14.8. The van der Waals surface area contributed by atoms with Gasteiger partial charge >= 0.3 is 6.03 Å². The smallest absolute Gasteiger partial charge is 0.317 e. The Labute approximate surface area is 137 Å². The Morgan fingerprint density at radius 1 is 1.00 bits per heavy atom. The second-order valence-corrected chi connectivity index (χ2v) is 5.89. The van der Waals surface area contributed by atoms with E-state index in [-0.39, 0.29) is 12.1 Å². The molecule has 1 aliphatic heterocycles. The zero-order valence-electron chi connectivity index (χ0n) is 13.2. The lowest BCUT2D eigenvalue weighted by Crippen LogP contribution is -2.47. The van der Waals surface area contributed by atoms with Gasteiger partial charge in [0, 0.05) is 18.3 Å². The van der Waals surface area contributed by atoms with Crippen LogP contribution in [-0.2, 0) is 6.54 Å². The van der Waals surface area contributed by atoms with Crippen LogP contribution < -0.4 is 10.6 Å². The first-order chi connectivity index (χ1) is 11.3. The van der Waals surface area contributed by atoms with Crippen molar-refractivity contribution in [3.05, 3.63) is 66.2 Å². The molecule has 1 fully saturated rings. The van der Waals surface area contributed by atoms with Crippen LogP contribution >= 0.6 is 0 Å². The van der Waals surface area contributed by atoms with Crippen molar-refractivity contribution in [3.63, 3.8) is 0 Å². The predicted molar refractivity (Wildman–Crippen MR) is 93.3 cm³/mol. The van der Waals surface area contributed by atoms with E-state index in [0.717, 1.165) is 37.2 Å². The van der Waals surface area contributed by atoms with Crippen molar-refractivity contribution in [1.29, 1.82) is 0 Å². The molecule has 2 aromatic carbocycles. The molecule has 0 atom stereocenters. The summed E-state index contributed by atoms with van der Waals surface area (Å²) in [6.07, 6.45) is 1.99. The molecule has 1 saturated heterocycles. The van der Waals surface area contributed by atoms with Crippen molar-refractivity contribution in [2.75, 3.05) is 18.4 Å². The summed E-state index contributed by atoms with van der Waals surface area (Å²) >= 11 is 0. The predicted octanol–water partition coefficient (Wildman–Crippen LogP) is 3.47. The average Bonchev–Trinajstić information content (AvgIpc) is 2.62. The number of benzene rings is 2. The van der Waals surface area contributed by atoms with Gasteiger partial charge < -0.3 is 15.5 Å². The van der Waals surface area contributed by atoms with Gasteiger partial charge in [0.15, 0.2) is 0 Å². The van der Waals surface area contributed by atoms with E-state index in [1.165, 1.54) is 0 Å². The fraction of sp³-hybridized carbons (Fsp3) is 0.316. The molecule has 120 valence electrons. The third kappa shape index (κ3) is 4.33. The van der Waals surface area contributed by atoms with Crippen molar-refractivity contribution in [2.24, 2.45) is 0 Å². The number of urea groups is 1. The molecular formula is C19H23N3O. The molecule has 0 spiro atoms. The van der Waals surface area contributed by atoms with Gasteiger partial charge in [-0.25, -0.2) is 4.79 Å². The number of rotatable bonds is 4. The Bertz CT molecular complexity index is 609. The Hall–Kier alpha value is -2.33. The van der Waals surface area contributed by atoms with Crippen molar-refractivity contribution < 1.29 is 4.79 Å². The van der Waals surface area contributed by atoms with Crippen LogP contribution in [0.3, 0.4) is 0 Å². The third-order valence-electron chi connectivity index (χ3n) is 4.23. The van der Waals surface area contributed by atoms with E-state index in [4.69, 9.17) is 0 Å². The average molecular weight is 309 g/mol. The number of piperidine rings is 1. The maximum absolute atomic E-state index is 12.8. The van der Waals surface area contributed by atoms with E-state index in [0.29, 0.717) is 6.54 Å². The van der Waals surface area contributed by atoms with Crippen LogP contribution in [0.5, 0.6) is 0 Å². The van der Waals surface area contributed by atoms with Gasteiger partial charge in [-0.05, 0) is 43.6 Å². The first-order valence-corrected chi connectivity index (χ1v) is 8.20. The fourth-order valence-corrected chi connectivity index (χ4v) is 2.98. The molecule has 2 amide bonds. The van der Waals surface area contributed by atoms with Crippen molar-refractivity contribution in [1.82, 2.24) is 10.2 Å². The molecule has 0 aromatic heterocycles. The van der Waals surface area contributed by atoms with E-state index < -0.39 is 0 Å². The lowest BCUT2D eigenvalue weighted by molar-refractivity contribution is 0.166. The molecule has 1 heterocycles. The minimum atomic E-state index is -0.0213. The minimum absolute atomic E-state index is 0.0213. The van der Waals surface area contributed by atoms with Crippen LogP contribution in [0.4, 0.5) is 10.5 Å². The van der Waals surface area contributed by atoms with Gasteiger partial charge in [0.2, 0.25) is 0 Å². The molecule has 0 unspecified atom stereocenters. The summed E-state index contributed by atoms with van der Waals surface area (Å²) < 4.78 is 0. The van der Waals surface area contributed by atoms with Crippen LogP contribution in [0.25, 0.3) is 0 Å². The van der Waals surface area contributed by atoms with Gasteiger partial charge in [0.1, 0.15) is 0 Å². The van der Waals surface area contributed by atoms with Crippen LogP contribution in [0.2, 0.25) is 0 Å². The van der Waals surface area contributed by atoms with Gasteiger partial charge in [0.25, 0.3) is 0 Å². The van der Waals surface area contributed by atoms with E-state index in [9.17, 15) is 4.79 Å². The van der Waals surface area contributed by atoms with E-state index >= 15 is 0 Å². The van der Waals surface area contributed by atoms with Crippen LogP contribution in [0.15, 0.2) is 60.7 Å². The third-order valence-corrected chi connectivity index (χ3v) is 4.23. The minimum Gasteiger partial charge on any atom is -0.317 e. The molecule has 0 saturated carbocycles. The summed E-state index contributed by atoms with van der Waals surface area (Å²) in [5.41, 5.74) is 2.00. The molecule has 23 heavy (non-hydrogen) atoms. The Kier molecular flexibility index (Phi) is 5.27. The van der Waals surface area contributed by atoms with Gasteiger partial charge in [-0.3, -0.25) is 0 Å². The quantitative estimate of drug-likeness (QED) is 0.908. The number of nitrogens with zero attached hydrogens (tertiary/aromatic N) is 1. The summed E-state index contributed by atoms with van der Waals surface area (Å²) in [5, 5.41) is 6.39. The molecule has 0 bridgehead atoms.